The zero-order chi connectivity index (χ0) is 21.0. The van der Waals surface area contributed by atoms with Crippen LogP contribution in [-0.4, -0.2) is 24.0 Å². The molecule has 0 aliphatic carbocycles. The van der Waals surface area contributed by atoms with Crippen molar-refractivity contribution in [1.82, 2.24) is 4.98 Å². The van der Waals surface area contributed by atoms with Crippen LogP contribution in [-0.2, 0) is 15.9 Å². The van der Waals surface area contributed by atoms with Crippen molar-refractivity contribution in [3.63, 3.8) is 0 Å². The van der Waals surface area contributed by atoms with Crippen molar-refractivity contribution >= 4 is 17.3 Å². The van der Waals surface area contributed by atoms with E-state index >= 15 is 0 Å². The van der Waals surface area contributed by atoms with Crippen LogP contribution in [0.1, 0.15) is 35.4 Å². The zero-order valence-electron chi connectivity index (χ0n) is 17.0. The molecule has 2 aromatic carbocycles. The highest BCUT2D eigenvalue weighted by Crippen LogP contribution is 2.39. The second-order valence-electron chi connectivity index (χ2n) is 7.71. The molecule has 1 saturated heterocycles. The molecule has 0 spiro atoms. The van der Waals surface area contributed by atoms with E-state index in [0.717, 1.165) is 17.5 Å². The third-order valence-corrected chi connectivity index (χ3v) is 5.66. The van der Waals surface area contributed by atoms with Gasteiger partial charge in [0.1, 0.15) is 11.6 Å². The van der Waals surface area contributed by atoms with Crippen molar-refractivity contribution in [3.8, 4) is 0 Å². The fourth-order valence-electron chi connectivity index (χ4n) is 4.19. The number of aromatic nitrogens is 1. The average Bonchev–Trinajstić information content (AvgIpc) is 3.21. The van der Waals surface area contributed by atoms with Crippen molar-refractivity contribution in [2.45, 2.75) is 31.0 Å². The first-order valence-corrected chi connectivity index (χ1v) is 10.2. The Morgan fingerprint density at radius 3 is 2.20 bits per heavy atom. The first kappa shape index (κ1) is 20.2. The van der Waals surface area contributed by atoms with E-state index < -0.39 is 5.79 Å². The number of nitrogen functional groups attached to an aromatic ring is 3. The zero-order valence-corrected chi connectivity index (χ0v) is 17.0. The standard InChI is InChI=1S/C24H28N4O2/c25-21-15-20(22(26)23(27)28-21)19(18-9-5-2-6-10-18)11-12-24(29-13-14-30-24)16-17-7-3-1-4-8-17/h1-10,15,19H,11-14,16,26H2,(H4,25,27,28). The fourth-order valence-corrected chi connectivity index (χ4v) is 4.19. The van der Waals surface area contributed by atoms with Crippen LogP contribution in [0.2, 0.25) is 0 Å². The lowest BCUT2D eigenvalue weighted by atomic mass is 9.84. The maximum atomic E-state index is 6.32. The minimum atomic E-state index is -0.646. The van der Waals surface area contributed by atoms with E-state index in [4.69, 9.17) is 26.7 Å². The van der Waals surface area contributed by atoms with Gasteiger partial charge in [-0.3, -0.25) is 0 Å². The van der Waals surface area contributed by atoms with Crippen LogP contribution >= 0.6 is 0 Å². The molecule has 1 atom stereocenters. The topological polar surface area (TPSA) is 109 Å². The molecule has 1 unspecified atom stereocenters. The highest BCUT2D eigenvalue weighted by Gasteiger charge is 2.37. The maximum absolute atomic E-state index is 6.32. The molecule has 156 valence electrons. The molecule has 3 aromatic rings. The van der Waals surface area contributed by atoms with Crippen LogP contribution in [0.5, 0.6) is 0 Å². The quantitative estimate of drug-likeness (QED) is 0.554. The summed E-state index contributed by atoms with van der Waals surface area (Å²) < 4.78 is 12.3. The lowest BCUT2D eigenvalue weighted by molar-refractivity contribution is -0.162. The number of benzene rings is 2. The summed E-state index contributed by atoms with van der Waals surface area (Å²) in [5.41, 5.74) is 22.0. The Kier molecular flexibility index (Phi) is 5.88. The Hall–Kier alpha value is -3.09. The van der Waals surface area contributed by atoms with Crippen molar-refractivity contribution in [2.24, 2.45) is 0 Å². The number of pyridine rings is 1. The van der Waals surface area contributed by atoms with Crippen molar-refractivity contribution in [2.75, 3.05) is 30.4 Å². The molecule has 30 heavy (non-hydrogen) atoms. The summed E-state index contributed by atoms with van der Waals surface area (Å²) in [7, 11) is 0. The number of hydrogen-bond acceptors (Lipinski definition) is 6. The van der Waals surface area contributed by atoms with E-state index in [2.05, 4.69) is 29.2 Å². The SMILES string of the molecule is Nc1cc(C(CCC2(Cc3ccccc3)OCCO2)c2ccccc2)c(N)c(N)n1. The highest BCUT2D eigenvalue weighted by atomic mass is 16.7. The van der Waals surface area contributed by atoms with Gasteiger partial charge in [-0.1, -0.05) is 60.7 Å². The molecule has 1 aliphatic rings. The third kappa shape index (κ3) is 4.40. The van der Waals surface area contributed by atoms with Gasteiger partial charge in [-0.15, -0.1) is 0 Å². The molecule has 0 radical (unpaired) electrons. The van der Waals surface area contributed by atoms with Crippen LogP contribution in [0.3, 0.4) is 0 Å². The molecule has 6 nitrogen and oxygen atoms in total. The number of anilines is 3. The van der Waals surface area contributed by atoms with Gasteiger partial charge in [-0.05, 0) is 29.2 Å². The molecule has 0 amide bonds. The lowest BCUT2D eigenvalue weighted by Crippen LogP contribution is -2.33. The molecule has 6 N–H and O–H groups in total. The van der Waals surface area contributed by atoms with Crippen molar-refractivity contribution in [1.29, 1.82) is 0 Å². The second kappa shape index (κ2) is 8.73. The van der Waals surface area contributed by atoms with Gasteiger partial charge in [0, 0.05) is 18.8 Å². The molecular weight excluding hydrogens is 376 g/mol. The predicted octanol–water partition coefficient (Wildman–Crippen LogP) is 3.73. The van der Waals surface area contributed by atoms with Crippen LogP contribution in [0.25, 0.3) is 0 Å². The first-order valence-electron chi connectivity index (χ1n) is 10.2. The summed E-state index contributed by atoms with van der Waals surface area (Å²) in [4.78, 5) is 4.10. The fraction of sp³-hybridized carbons (Fsp3) is 0.292. The van der Waals surface area contributed by atoms with E-state index in [-0.39, 0.29) is 11.7 Å². The lowest BCUT2D eigenvalue weighted by Gasteiger charge is -2.30. The average molecular weight is 405 g/mol. The summed E-state index contributed by atoms with van der Waals surface area (Å²) in [5, 5.41) is 0. The van der Waals surface area contributed by atoms with E-state index in [1.54, 1.807) is 0 Å². The second-order valence-corrected chi connectivity index (χ2v) is 7.71. The van der Waals surface area contributed by atoms with Crippen LogP contribution in [0, 0.1) is 0 Å². The van der Waals surface area contributed by atoms with Gasteiger partial charge in [0.05, 0.1) is 18.9 Å². The molecule has 4 rings (SSSR count). The molecule has 1 fully saturated rings. The Morgan fingerprint density at radius 1 is 0.900 bits per heavy atom. The Morgan fingerprint density at radius 2 is 1.53 bits per heavy atom. The number of hydrogen-bond donors (Lipinski definition) is 3. The van der Waals surface area contributed by atoms with E-state index in [9.17, 15) is 0 Å². The van der Waals surface area contributed by atoms with E-state index in [0.29, 0.717) is 37.6 Å². The Labute approximate surface area is 177 Å². The minimum absolute atomic E-state index is 0.000696. The number of rotatable bonds is 7. The molecule has 0 bridgehead atoms. The number of ether oxygens (including phenoxy) is 2. The van der Waals surface area contributed by atoms with Crippen LogP contribution in [0.15, 0.2) is 66.7 Å². The monoisotopic (exact) mass is 404 g/mol. The van der Waals surface area contributed by atoms with Crippen molar-refractivity contribution < 1.29 is 9.47 Å². The van der Waals surface area contributed by atoms with Crippen molar-refractivity contribution in [3.05, 3.63) is 83.4 Å². The van der Waals surface area contributed by atoms with Gasteiger partial charge in [0.15, 0.2) is 5.79 Å². The van der Waals surface area contributed by atoms with Crippen LogP contribution < -0.4 is 17.2 Å². The van der Waals surface area contributed by atoms with Gasteiger partial charge >= 0.3 is 0 Å². The summed E-state index contributed by atoms with van der Waals surface area (Å²) in [5.74, 6) is -0.0182. The normalized spacial score (nSPS) is 16.4. The molecule has 6 heteroatoms. The molecular formula is C24H28N4O2. The van der Waals surface area contributed by atoms with Gasteiger partial charge < -0.3 is 26.7 Å². The summed E-state index contributed by atoms with van der Waals surface area (Å²) in [6.07, 6.45) is 2.18. The predicted molar refractivity (Wildman–Crippen MR) is 120 cm³/mol. The van der Waals surface area contributed by atoms with Gasteiger partial charge in [-0.2, -0.15) is 0 Å². The van der Waals surface area contributed by atoms with Crippen LogP contribution in [0.4, 0.5) is 17.3 Å². The largest absolute Gasteiger partial charge is 0.396 e. The Balaban J connectivity index is 1.64. The summed E-state index contributed by atoms with van der Waals surface area (Å²) in [6, 6.07) is 22.3. The molecule has 1 aliphatic heterocycles. The third-order valence-electron chi connectivity index (χ3n) is 5.66. The smallest absolute Gasteiger partial charge is 0.172 e. The summed E-state index contributed by atoms with van der Waals surface area (Å²) >= 11 is 0. The van der Waals surface area contributed by atoms with Gasteiger partial charge in [0.25, 0.3) is 0 Å². The highest BCUT2D eigenvalue weighted by molar-refractivity contribution is 5.68. The number of nitrogens with zero attached hydrogens (tertiary/aromatic N) is 1. The van der Waals surface area contributed by atoms with Gasteiger partial charge in [0.2, 0.25) is 0 Å². The maximum Gasteiger partial charge on any atom is 0.172 e. The molecule has 2 heterocycles. The van der Waals surface area contributed by atoms with E-state index in [1.165, 1.54) is 5.56 Å². The first-order chi connectivity index (χ1) is 14.6. The molecule has 0 saturated carbocycles. The van der Waals surface area contributed by atoms with Gasteiger partial charge in [-0.25, -0.2) is 4.98 Å². The number of nitrogens with two attached hydrogens (primary N) is 3. The summed E-state index contributed by atoms with van der Waals surface area (Å²) in [6.45, 7) is 1.19. The minimum Gasteiger partial charge on any atom is -0.396 e. The van der Waals surface area contributed by atoms with E-state index in [1.807, 2.05) is 42.5 Å². The Bertz CT molecular complexity index is 973. The molecule has 1 aromatic heterocycles.